The van der Waals surface area contributed by atoms with Crippen molar-refractivity contribution in [2.75, 3.05) is 11.1 Å². The maximum atomic E-state index is 12.5. The first-order valence-corrected chi connectivity index (χ1v) is 10.5. The van der Waals surface area contributed by atoms with Crippen LogP contribution in [0.15, 0.2) is 41.4 Å². The number of hydrogen-bond acceptors (Lipinski definition) is 5. The molecule has 3 heterocycles. The van der Waals surface area contributed by atoms with Crippen molar-refractivity contribution in [3.63, 3.8) is 0 Å². The van der Waals surface area contributed by atoms with E-state index in [2.05, 4.69) is 34.3 Å². The summed E-state index contributed by atoms with van der Waals surface area (Å²) >= 11 is 0. The minimum atomic E-state index is -3.18. The third-order valence-electron chi connectivity index (χ3n) is 4.94. The molecule has 1 atom stereocenters. The third kappa shape index (κ3) is 2.96. The molecule has 136 valence electrons. The molecular formula is C19H22N4O2S. The number of benzene rings is 1. The van der Waals surface area contributed by atoms with Gasteiger partial charge in [-0.2, -0.15) is 5.10 Å². The molecule has 0 amide bonds. The van der Waals surface area contributed by atoms with Gasteiger partial charge in [-0.3, -0.25) is 5.10 Å². The van der Waals surface area contributed by atoms with Crippen LogP contribution in [0.1, 0.15) is 37.4 Å². The topological polar surface area (TPSA) is 87.7 Å². The Hall–Kier alpha value is -2.41. The number of rotatable bonds is 4. The number of nitrogens with one attached hydrogen (secondary N) is 2. The van der Waals surface area contributed by atoms with E-state index in [1.54, 1.807) is 6.20 Å². The quantitative estimate of drug-likeness (QED) is 0.734. The van der Waals surface area contributed by atoms with Crippen LogP contribution in [0.25, 0.3) is 11.0 Å². The molecule has 3 aromatic rings. The number of hydrogen-bond donors (Lipinski definition) is 2. The van der Waals surface area contributed by atoms with E-state index in [0.717, 1.165) is 34.4 Å². The predicted octanol–water partition coefficient (Wildman–Crippen LogP) is 3.49. The second kappa shape index (κ2) is 6.39. The van der Waals surface area contributed by atoms with Crippen molar-refractivity contribution in [2.45, 2.75) is 37.6 Å². The lowest BCUT2D eigenvalue weighted by molar-refractivity contribution is 0.542. The maximum absolute atomic E-state index is 12.5. The zero-order valence-electron chi connectivity index (χ0n) is 14.9. The Morgan fingerprint density at radius 3 is 2.88 bits per heavy atom. The van der Waals surface area contributed by atoms with E-state index in [0.29, 0.717) is 11.3 Å². The second-order valence-electron chi connectivity index (χ2n) is 7.13. The summed E-state index contributed by atoms with van der Waals surface area (Å²) in [5.41, 5.74) is 2.62. The molecule has 0 radical (unpaired) electrons. The van der Waals surface area contributed by atoms with Gasteiger partial charge in [0.1, 0.15) is 0 Å². The van der Waals surface area contributed by atoms with Crippen molar-refractivity contribution in [1.82, 2.24) is 15.2 Å². The van der Waals surface area contributed by atoms with Gasteiger partial charge < -0.3 is 5.32 Å². The highest BCUT2D eigenvalue weighted by atomic mass is 32.2. The number of pyridine rings is 1. The smallest absolute Gasteiger partial charge is 0.178 e. The molecule has 0 saturated heterocycles. The molecule has 0 bridgehead atoms. The highest BCUT2D eigenvalue weighted by Crippen LogP contribution is 2.33. The summed E-state index contributed by atoms with van der Waals surface area (Å²) < 4.78 is 24.9. The second-order valence-corrected chi connectivity index (χ2v) is 9.20. The maximum Gasteiger partial charge on any atom is 0.178 e. The first-order chi connectivity index (χ1) is 12.5. The molecule has 6 nitrogen and oxygen atoms in total. The van der Waals surface area contributed by atoms with Crippen LogP contribution in [0.4, 0.5) is 5.82 Å². The largest absolute Gasteiger partial charge is 0.361 e. The molecule has 0 spiro atoms. The number of sulfone groups is 1. The van der Waals surface area contributed by atoms with Crippen LogP contribution in [0.5, 0.6) is 0 Å². The molecule has 0 fully saturated rings. The van der Waals surface area contributed by atoms with Crippen molar-refractivity contribution >= 4 is 26.7 Å². The summed E-state index contributed by atoms with van der Waals surface area (Å²) in [5.74, 6) is 1.22. The first-order valence-electron chi connectivity index (χ1n) is 8.87. The van der Waals surface area contributed by atoms with Crippen LogP contribution in [-0.4, -0.2) is 29.4 Å². The molecule has 26 heavy (non-hydrogen) atoms. The van der Waals surface area contributed by atoms with Gasteiger partial charge in [0.2, 0.25) is 0 Å². The van der Waals surface area contributed by atoms with Crippen molar-refractivity contribution in [1.29, 1.82) is 0 Å². The van der Waals surface area contributed by atoms with Crippen LogP contribution in [0.3, 0.4) is 0 Å². The average Bonchev–Trinajstić information content (AvgIpc) is 3.02. The van der Waals surface area contributed by atoms with E-state index in [1.807, 2.05) is 30.3 Å². The van der Waals surface area contributed by atoms with Crippen LogP contribution < -0.4 is 5.32 Å². The highest BCUT2D eigenvalue weighted by Gasteiger charge is 2.26. The van der Waals surface area contributed by atoms with Crippen LogP contribution in [-0.2, 0) is 16.3 Å². The van der Waals surface area contributed by atoms with Gasteiger partial charge in [0.05, 0.1) is 22.1 Å². The first kappa shape index (κ1) is 17.0. The van der Waals surface area contributed by atoms with Crippen LogP contribution in [0, 0.1) is 5.92 Å². The fourth-order valence-electron chi connectivity index (χ4n) is 3.57. The van der Waals surface area contributed by atoms with Crippen molar-refractivity contribution < 1.29 is 8.42 Å². The lowest BCUT2D eigenvalue weighted by atomic mass is 9.94. The number of aromatic nitrogens is 3. The van der Waals surface area contributed by atoms with Gasteiger partial charge in [-0.05, 0) is 48.1 Å². The molecule has 1 aliphatic heterocycles. The van der Waals surface area contributed by atoms with Gasteiger partial charge in [-0.15, -0.1) is 0 Å². The molecule has 0 saturated carbocycles. The predicted molar refractivity (Wildman–Crippen MR) is 102 cm³/mol. The minimum absolute atomic E-state index is 0.0517. The van der Waals surface area contributed by atoms with E-state index in [-0.39, 0.29) is 17.7 Å². The Labute approximate surface area is 153 Å². The van der Waals surface area contributed by atoms with Gasteiger partial charge in [0.15, 0.2) is 21.3 Å². The van der Waals surface area contributed by atoms with Crippen molar-refractivity contribution in [2.24, 2.45) is 5.92 Å². The van der Waals surface area contributed by atoms with Gasteiger partial charge in [0, 0.05) is 6.20 Å². The average molecular weight is 370 g/mol. The molecule has 1 aliphatic rings. The Morgan fingerprint density at radius 1 is 1.23 bits per heavy atom. The number of H-pyrrole nitrogens is 1. The Balaban J connectivity index is 1.74. The SMILES string of the molecule is CC(C)[C@@H](Nc1n[nH]c2ncccc12)c1ccc2c(c1)S(=O)(=O)CCC2. The lowest BCUT2D eigenvalue weighted by Crippen LogP contribution is -2.20. The van der Waals surface area contributed by atoms with E-state index >= 15 is 0 Å². The zero-order chi connectivity index (χ0) is 18.3. The minimum Gasteiger partial charge on any atom is -0.361 e. The Kier molecular flexibility index (Phi) is 4.19. The summed E-state index contributed by atoms with van der Waals surface area (Å²) in [6, 6.07) is 9.62. The van der Waals surface area contributed by atoms with Crippen molar-refractivity contribution in [3.8, 4) is 0 Å². The summed E-state index contributed by atoms with van der Waals surface area (Å²) in [7, 11) is -3.18. The van der Waals surface area contributed by atoms with Crippen LogP contribution >= 0.6 is 0 Å². The fraction of sp³-hybridized carbons (Fsp3) is 0.368. The van der Waals surface area contributed by atoms with Gasteiger partial charge in [-0.25, -0.2) is 13.4 Å². The summed E-state index contributed by atoms with van der Waals surface area (Å²) in [4.78, 5) is 4.75. The van der Waals surface area contributed by atoms with Crippen LogP contribution in [0.2, 0.25) is 0 Å². The van der Waals surface area contributed by atoms with E-state index in [9.17, 15) is 8.42 Å². The molecule has 1 aromatic carbocycles. The van der Waals surface area contributed by atoms with E-state index in [4.69, 9.17) is 0 Å². The summed E-state index contributed by atoms with van der Waals surface area (Å²) in [6.07, 6.45) is 3.25. The fourth-order valence-corrected chi connectivity index (χ4v) is 5.20. The Bertz CT molecular complexity index is 1060. The van der Waals surface area contributed by atoms with Crippen molar-refractivity contribution in [3.05, 3.63) is 47.7 Å². The molecule has 2 aromatic heterocycles. The molecular weight excluding hydrogens is 348 g/mol. The van der Waals surface area contributed by atoms with Gasteiger partial charge >= 0.3 is 0 Å². The highest BCUT2D eigenvalue weighted by molar-refractivity contribution is 7.91. The number of fused-ring (bicyclic) bond motifs is 2. The summed E-state index contributed by atoms with van der Waals surface area (Å²) in [5, 5.41) is 11.7. The third-order valence-corrected chi connectivity index (χ3v) is 6.82. The number of aromatic amines is 1. The molecule has 4 rings (SSSR count). The monoisotopic (exact) mass is 370 g/mol. The normalized spacial score (nSPS) is 17.2. The zero-order valence-corrected chi connectivity index (χ0v) is 15.7. The molecule has 0 unspecified atom stereocenters. The standard InChI is InChI=1S/C19H22N4O2S/c1-12(2)17(21-19-15-6-3-9-20-18(15)22-23-19)14-8-7-13-5-4-10-26(24,25)16(13)11-14/h3,6-9,11-12,17H,4-5,10H2,1-2H3,(H2,20,21,22,23)/t17-/m1/s1. The number of aryl methyl sites for hydroxylation is 1. The lowest BCUT2D eigenvalue weighted by Gasteiger charge is -2.25. The molecule has 2 N–H and O–H groups in total. The van der Waals surface area contributed by atoms with Gasteiger partial charge in [0.25, 0.3) is 0 Å². The van der Waals surface area contributed by atoms with E-state index < -0.39 is 9.84 Å². The number of anilines is 1. The van der Waals surface area contributed by atoms with E-state index in [1.165, 1.54) is 0 Å². The molecule has 7 heteroatoms. The Morgan fingerprint density at radius 2 is 2.08 bits per heavy atom. The molecule has 0 aliphatic carbocycles. The number of nitrogens with zero attached hydrogens (tertiary/aromatic N) is 2. The summed E-state index contributed by atoms with van der Waals surface area (Å²) in [6.45, 7) is 4.22. The van der Waals surface area contributed by atoms with Gasteiger partial charge in [-0.1, -0.05) is 26.0 Å².